The van der Waals surface area contributed by atoms with Gasteiger partial charge in [0.25, 0.3) is 0 Å². The molecular formula is C21H14N4O2S. The number of nitrogens with zero attached hydrogens (tertiary/aromatic N) is 4. The number of aromatic nitrogens is 4. The number of fused-ring (bicyclic) bond motifs is 1. The highest BCUT2D eigenvalue weighted by Gasteiger charge is 2.12. The third-order valence-corrected chi connectivity index (χ3v) is 5.30. The van der Waals surface area contributed by atoms with Crippen LogP contribution in [0.1, 0.15) is 5.89 Å². The zero-order valence-corrected chi connectivity index (χ0v) is 15.7. The van der Waals surface area contributed by atoms with Gasteiger partial charge in [-0.3, -0.25) is 0 Å². The van der Waals surface area contributed by atoms with Crippen molar-refractivity contribution in [1.82, 2.24) is 20.1 Å². The summed E-state index contributed by atoms with van der Waals surface area (Å²) in [5.74, 6) is 2.30. The Morgan fingerprint density at radius 1 is 0.929 bits per heavy atom. The average Bonchev–Trinajstić information content (AvgIpc) is 3.36. The van der Waals surface area contributed by atoms with Crippen LogP contribution in [-0.2, 0) is 0 Å². The maximum atomic E-state index is 6.03. The average molecular weight is 386 g/mol. The predicted molar refractivity (Wildman–Crippen MR) is 107 cm³/mol. The number of aryl methyl sites for hydroxylation is 1. The Bertz CT molecular complexity index is 1250. The van der Waals surface area contributed by atoms with Crippen molar-refractivity contribution in [3.63, 3.8) is 0 Å². The quantitative estimate of drug-likeness (QED) is 0.405. The number of thiophene rings is 1. The standard InChI is InChI=1S/C21H14N4O2S/c1-13-24-19(25-27-13)15-7-9-16(10-8-15)26-20-17-11-18(14-5-3-2-4-6-14)28-21(17)23-12-22-20/h2-12H,1H3. The maximum absolute atomic E-state index is 6.03. The van der Waals surface area contributed by atoms with Gasteiger partial charge in [0.15, 0.2) is 0 Å². The van der Waals surface area contributed by atoms with Crippen LogP contribution in [-0.4, -0.2) is 20.1 Å². The molecule has 3 heterocycles. The van der Waals surface area contributed by atoms with Gasteiger partial charge in [-0.1, -0.05) is 35.5 Å². The van der Waals surface area contributed by atoms with Crippen LogP contribution in [0.2, 0.25) is 0 Å². The molecule has 0 bridgehead atoms. The summed E-state index contributed by atoms with van der Waals surface area (Å²) in [5.41, 5.74) is 2.01. The van der Waals surface area contributed by atoms with Crippen LogP contribution < -0.4 is 4.74 Å². The molecule has 5 aromatic rings. The number of benzene rings is 2. The largest absolute Gasteiger partial charge is 0.438 e. The zero-order chi connectivity index (χ0) is 18.9. The lowest BCUT2D eigenvalue weighted by Crippen LogP contribution is -1.89. The Hall–Kier alpha value is -3.58. The molecule has 3 aromatic heterocycles. The molecule has 0 radical (unpaired) electrons. The lowest BCUT2D eigenvalue weighted by molar-refractivity contribution is 0.394. The Balaban J connectivity index is 1.46. The highest BCUT2D eigenvalue weighted by Crippen LogP contribution is 2.37. The zero-order valence-electron chi connectivity index (χ0n) is 14.9. The fraction of sp³-hybridized carbons (Fsp3) is 0.0476. The number of ether oxygens (including phenoxy) is 1. The van der Waals surface area contributed by atoms with Crippen LogP contribution in [0.5, 0.6) is 11.6 Å². The molecule has 0 unspecified atom stereocenters. The van der Waals surface area contributed by atoms with Crippen LogP contribution >= 0.6 is 11.3 Å². The molecule has 5 rings (SSSR count). The van der Waals surface area contributed by atoms with Crippen molar-refractivity contribution in [2.45, 2.75) is 6.92 Å². The van der Waals surface area contributed by atoms with E-state index in [4.69, 9.17) is 9.26 Å². The Kier molecular flexibility index (Phi) is 4.06. The molecule has 0 aliphatic carbocycles. The van der Waals surface area contributed by atoms with Gasteiger partial charge in [-0.25, -0.2) is 9.97 Å². The topological polar surface area (TPSA) is 73.9 Å². The maximum Gasteiger partial charge on any atom is 0.231 e. The van der Waals surface area contributed by atoms with E-state index in [0.717, 1.165) is 26.2 Å². The minimum Gasteiger partial charge on any atom is -0.438 e. The van der Waals surface area contributed by atoms with Crippen molar-refractivity contribution in [3.8, 4) is 33.5 Å². The summed E-state index contributed by atoms with van der Waals surface area (Å²) in [5, 5.41) is 4.82. The van der Waals surface area contributed by atoms with E-state index in [2.05, 4.69) is 38.3 Å². The van der Waals surface area contributed by atoms with E-state index < -0.39 is 0 Å². The van der Waals surface area contributed by atoms with E-state index in [1.807, 2.05) is 42.5 Å². The summed E-state index contributed by atoms with van der Waals surface area (Å²) in [6.07, 6.45) is 1.53. The third kappa shape index (κ3) is 3.12. The summed E-state index contributed by atoms with van der Waals surface area (Å²) in [6, 6.07) is 19.8. The molecule has 0 aliphatic heterocycles. The van der Waals surface area contributed by atoms with Crippen molar-refractivity contribution < 1.29 is 9.26 Å². The van der Waals surface area contributed by atoms with Gasteiger partial charge in [0.05, 0.1) is 5.39 Å². The molecule has 0 amide bonds. The molecule has 2 aromatic carbocycles. The first-order valence-electron chi connectivity index (χ1n) is 8.65. The first kappa shape index (κ1) is 16.6. The summed E-state index contributed by atoms with van der Waals surface area (Å²) >= 11 is 1.62. The SMILES string of the molecule is Cc1nc(-c2ccc(Oc3ncnc4sc(-c5ccccc5)cc34)cc2)no1. The highest BCUT2D eigenvalue weighted by molar-refractivity contribution is 7.21. The molecule has 28 heavy (non-hydrogen) atoms. The van der Waals surface area contributed by atoms with Gasteiger partial charge in [0, 0.05) is 17.4 Å². The lowest BCUT2D eigenvalue weighted by atomic mass is 10.2. The Morgan fingerprint density at radius 2 is 1.75 bits per heavy atom. The van der Waals surface area contributed by atoms with Gasteiger partial charge in [-0.15, -0.1) is 11.3 Å². The minimum absolute atomic E-state index is 0.533. The first-order valence-corrected chi connectivity index (χ1v) is 9.46. The number of hydrogen-bond donors (Lipinski definition) is 0. The summed E-state index contributed by atoms with van der Waals surface area (Å²) < 4.78 is 11.1. The molecular weight excluding hydrogens is 372 g/mol. The molecule has 0 atom stereocenters. The lowest BCUT2D eigenvalue weighted by Gasteiger charge is -2.05. The summed E-state index contributed by atoms with van der Waals surface area (Å²) in [7, 11) is 0. The highest BCUT2D eigenvalue weighted by atomic mass is 32.1. The summed E-state index contributed by atoms with van der Waals surface area (Å²) in [6.45, 7) is 1.76. The molecule has 0 fully saturated rings. The van der Waals surface area contributed by atoms with Crippen LogP contribution in [0.3, 0.4) is 0 Å². The van der Waals surface area contributed by atoms with Gasteiger partial charge in [-0.05, 0) is 35.9 Å². The van der Waals surface area contributed by atoms with Gasteiger partial charge < -0.3 is 9.26 Å². The fourth-order valence-corrected chi connectivity index (χ4v) is 3.86. The smallest absolute Gasteiger partial charge is 0.231 e. The van der Waals surface area contributed by atoms with Crippen molar-refractivity contribution in [1.29, 1.82) is 0 Å². The Morgan fingerprint density at radius 3 is 2.50 bits per heavy atom. The fourth-order valence-electron chi connectivity index (χ4n) is 2.86. The van der Waals surface area contributed by atoms with Crippen LogP contribution in [0.4, 0.5) is 0 Å². The number of rotatable bonds is 4. The molecule has 0 saturated heterocycles. The molecule has 7 heteroatoms. The van der Waals surface area contributed by atoms with Crippen LogP contribution in [0, 0.1) is 6.92 Å². The van der Waals surface area contributed by atoms with Crippen molar-refractivity contribution in [3.05, 3.63) is 72.9 Å². The Labute approximate surface area is 164 Å². The molecule has 0 saturated carbocycles. The second kappa shape index (κ2) is 6.86. The van der Waals surface area contributed by atoms with E-state index in [0.29, 0.717) is 23.3 Å². The van der Waals surface area contributed by atoms with Gasteiger partial charge in [0.2, 0.25) is 17.6 Å². The van der Waals surface area contributed by atoms with Crippen LogP contribution in [0.15, 0.2) is 71.5 Å². The molecule has 0 spiro atoms. The minimum atomic E-state index is 0.533. The molecule has 0 aliphatic rings. The van der Waals surface area contributed by atoms with Crippen molar-refractivity contribution in [2.75, 3.05) is 0 Å². The summed E-state index contributed by atoms with van der Waals surface area (Å²) in [4.78, 5) is 15.0. The molecule has 136 valence electrons. The van der Waals surface area contributed by atoms with E-state index in [9.17, 15) is 0 Å². The molecule has 6 nitrogen and oxygen atoms in total. The van der Waals surface area contributed by atoms with E-state index in [-0.39, 0.29) is 0 Å². The van der Waals surface area contributed by atoms with E-state index in [1.165, 1.54) is 6.33 Å². The third-order valence-electron chi connectivity index (χ3n) is 4.21. The first-order chi connectivity index (χ1) is 13.8. The van der Waals surface area contributed by atoms with Crippen LogP contribution in [0.25, 0.3) is 32.0 Å². The van der Waals surface area contributed by atoms with E-state index in [1.54, 1.807) is 18.3 Å². The van der Waals surface area contributed by atoms with E-state index >= 15 is 0 Å². The van der Waals surface area contributed by atoms with Gasteiger partial charge >= 0.3 is 0 Å². The van der Waals surface area contributed by atoms with Gasteiger partial charge in [0.1, 0.15) is 16.9 Å². The normalized spacial score (nSPS) is 11.0. The predicted octanol–water partition coefficient (Wildman–Crippen LogP) is 5.51. The second-order valence-corrected chi connectivity index (χ2v) is 7.17. The van der Waals surface area contributed by atoms with Gasteiger partial charge in [-0.2, -0.15) is 4.98 Å². The second-order valence-electron chi connectivity index (χ2n) is 6.14. The molecule has 0 N–H and O–H groups in total. The number of hydrogen-bond acceptors (Lipinski definition) is 7. The van der Waals surface area contributed by atoms with Crippen molar-refractivity contribution in [2.24, 2.45) is 0 Å². The van der Waals surface area contributed by atoms with Crippen molar-refractivity contribution >= 4 is 21.6 Å². The monoisotopic (exact) mass is 386 g/mol.